The zero-order valence-corrected chi connectivity index (χ0v) is 19.8. The van der Waals surface area contributed by atoms with Crippen molar-refractivity contribution >= 4 is 27.6 Å². The van der Waals surface area contributed by atoms with Crippen LogP contribution in [0, 0.1) is 11.8 Å². The average Bonchev–Trinajstić information content (AvgIpc) is 2.92. The molecule has 0 spiro atoms. The second-order valence-electron chi connectivity index (χ2n) is 9.89. The van der Waals surface area contributed by atoms with Gasteiger partial charge < -0.3 is 4.74 Å². The van der Waals surface area contributed by atoms with Crippen LogP contribution in [0.3, 0.4) is 0 Å². The Bertz CT molecular complexity index is 1390. The summed E-state index contributed by atoms with van der Waals surface area (Å²) in [6.07, 6.45) is 6.06. The predicted octanol–water partition coefficient (Wildman–Crippen LogP) is 6.11. The first-order valence-electron chi connectivity index (χ1n) is 12.6. The van der Waals surface area contributed by atoms with Gasteiger partial charge in [0, 0.05) is 23.7 Å². The summed E-state index contributed by atoms with van der Waals surface area (Å²) in [6, 6.07) is 24.7. The molecule has 5 atom stereocenters. The molecule has 3 aliphatic heterocycles. The maximum Gasteiger partial charge on any atom is 0.310 e. The number of esters is 1. The Morgan fingerprint density at radius 3 is 2.69 bits per heavy atom. The van der Waals surface area contributed by atoms with Crippen molar-refractivity contribution in [3.05, 3.63) is 103 Å². The molecule has 0 aliphatic carbocycles. The Morgan fingerprint density at radius 2 is 1.86 bits per heavy atom. The fourth-order valence-corrected chi connectivity index (χ4v) is 6.19. The topological polar surface area (TPSA) is 42.4 Å². The molecule has 0 radical (unpaired) electrons. The van der Waals surface area contributed by atoms with Gasteiger partial charge in [-0.25, -0.2) is 0 Å². The fourth-order valence-electron chi connectivity index (χ4n) is 6.19. The molecule has 2 bridgehead atoms. The van der Waals surface area contributed by atoms with Crippen molar-refractivity contribution < 1.29 is 9.53 Å². The third-order valence-corrected chi connectivity index (χ3v) is 7.97. The first-order chi connectivity index (χ1) is 17.2. The summed E-state index contributed by atoms with van der Waals surface area (Å²) in [7, 11) is 0. The second kappa shape index (κ2) is 9.27. The van der Waals surface area contributed by atoms with Gasteiger partial charge >= 0.3 is 5.97 Å². The fraction of sp³-hybridized carbons (Fsp3) is 0.290. The number of aromatic nitrogens is 1. The molecular weight excluding hydrogens is 432 g/mol. The van der Waals surface area contributed by atoms with Crippen LogP contribution in [0.15, 0.2) is 91.6 Å². The molecule has 35 heavy (non-hydrogen) atoms. The zero-order chi connectivity index (χ0) is 23.8. The summed E-state index contributed by atoms with van der Waals surface area (Å²) < 4.78 is 6.42. The molecule has 0 amide bonds. The Balaban J connectivity index is 1.35. The predicted molar refractivity (Wildman–Crippen MR) is 140 cm³/mol. The molecule has 0 saturated carbocycles. The summed E-state index contributed by atoms with van der Waals surface area (Å²) in [4.78, 5) is 20.5. The van der Waals surface area contributed by atoms with Gasteiger partial charge in [0.2, 0.25) is 0 Å². The van der Waals surface area contributed by atoms with E-state index >= 15 is 0 Å². The molecule has 4 aromatic rings. The third kappa shape index (κ3) is 4.12. The van der Waals surface area contributed by atoms with Crippen molar-refractivity contribution in [3.8, 4) is 0 Å². The van der Waals surface area contributed by atoms with Crippen molar-refractivity contribution in [2.75, 3.05) is 13.1 Å². The minimum absolute atomic E-state index is 0.159. The Kier molecular flexibility index (Phi) is 5.83. The highest BCUT2D eigenvalue weighted by Gasteiger charge is 2.44. The molecular formula is C31H30N2O2. The molecule has 176 valence electrons. The molecule has 0 N–H and O–H groups in total. The van der Waals surface area contributed by atoms with E-state index in [0.29, 0.717) is 11.8 Å². The minimum Gasteiger partial charge on any atom is -0.456 e. The average molecular weight is 463 g/mol. The normalized spacial score (nSPS) is 24.3. The standard InChI is InChI=1S/C31H30N2O2/c1-2-21-20-33-17-15-23(21)18-29(33)31(27-14-16-32-28-13-6-5-12-26(27)28)35-30(34)19-24-10-7-9-22-8-3-4-11-25(22)24/h2-14,16,21,23,29,31H,1,15,17-20H2/t21-,23-,29+,31-/m0/s1. The Labute approximate surface area is 206 Å². The van der Waals surface area contributed by atoms with Crippen molar-refractivity contribution in [3.63, 3.8) is 0 Å². The lowest BCUT2D eigenvalue weighted by Crippen LogP contribution is -2.55. The van der Waals surface area contributed by atoms with Crippen LogP contribution >= 0.6 is 0 Å². The largest absolute Gasteiger partial charge is 0.456 e. The van der Waals surface area contributed by atoms with Crippen LogP contribution in [-0.4, -0.2) is 35.0 Å². The van der Waals surface area contributed by atoms with Crippen molar-refractivity contribution in [2.24, 2.45) is 11.8 Å². The van der Waals surface area contributed by atoms with E-state index in [1.54, 1.807) is 0 Å². The van der Waals surface area contributed by atoms with Gasteiger partial charge in [0.05, 0.1) is 18.0 Å². The number of pyridine rings is 1. The Hall–Kier alpha value is -3.50. The van der Waals surface area contributed by atoms with Crippen LogP contribution in [0.2, 0.25) is 0 Å². The highest BCUT2D eigenvalue weighted by molar-refractivity contribution is 5.89. The van der Waals surface area contributed by atoms with Gasteiger partial charge in [0.1, 0.15) is 6.10 Å². The highest BCUT2D eigenvalue weighted by atomic mass is 16.5. The third-order valence-electron chi connectivity index (χ3n) is 7.97. The van der Waals surface area contributed by atoms with Gasteiger partial charge in [-0.2, -0.15) is 0 Å². The van der Waals surface area contributed by atoms with Gasteiger partial charge in [-0.3, -0.25) is 14.7 Å². The molecule has 3 aliphatic rings. The summed E-state index contributed by atoms with van der Waals surface area (Å²) in [5, 5.41) is 3.30. The smallest absolute Gasteiger partial charge is 0.310 e. The van der Waals surface area contributed by atoms with Crippen LogP contribution in [0.4, 0.5) is 0 Å². The van der Waals surface area contributed by atoms with Crippen LogP contribution in [0.5, 0.6) is 0 Å². The van der Waals surface area contributed by atoms with Crippen molar-refractivity contribution in [1.29, 1.82) is 0 Å². The molecule has 3 aromatic carbocycles. The molecule has 4 heteroatoms. The number of ether oxygens (including phenoxy) is 1. The van der Waals surface area contributed by atoms with Crippen LogP contribution in [-0.2, 0) is 16.0 Å². The van der Waals surface area contributed by atoms with Gasteiger partial charge in [-0.1, -0.05) is 66.7 Å². The number of para-hydroxylation sites is 1. The molecule has 3 saturated heterocycles. The number of hydrogen-bond donors (Lipinski definition) is 0. The summed E-state index contributed by atoms with van der Waals surface area (Å²) in [6.45, 7) is 6.10. The van der Waals surface area contributed by atoms with Gasteiger partial charge in [-0.05, 0) is 59.7 Å². The molecule has 1 unspecified atom stereocenters. The molecule has 4 heterocycles. The number of carbonyl (C=O) groups excluding carboxylic acids is 1. The maximum absolute atomic E-state index is 13.5. The number of fused-ring (bicyclic) bond motifs is 5. The number of piperidine rings is 3. The monoisotopic (exact) mass is 462 g/mol. The molecule has 4 nitrogen and oxygen atoms in total. The number of rotatable bonds is 6. The highest BCUT2D eigenvalue weighted by Crippen LogP contribution is 2.43. The maximum atomic E-state index is 13.5. The van der Waals surface area contributed by atoms with E-state index in [1.165, 1.54) is 6.42 Å². The number of nitrogens with zero attached hydrogens (tertiary/aromatic N) is 2. The first-order valence-corrected chi connectivity index (χ1v) is 12.6. The van der Waals surface area contributed by atoms with E-state index in [-0.39, 0.29) is 24.5 Å². The second-order valence-corrected chi connectivity index (χ2v) is 9.89. The van der Waals surface area contributed by atoms with E-state index in [2.05, 4.69) is 46.8 Å². The van der Waals surface area contributed by atoms with Crippen LogP contribution in [0.25, 0.3) is 21.7 Å². The van der Waals surface area contributed by atoms with Crippen LogP contribution < -0.4 is 0 Å². The quantitative estimate of drug-likeness (QED) is 0.256. The molecule has 7 rings (SSSR count). The van der Waals surface area contributed by atoms with E-state index in [4.69, 9.17) is 4.74 Å². The number of carbonyl (C=O) groups is 1. The van der Waals surface area contributed by atoms with Crippen molar-refractivity contribution in [1.82, 2.24) is 9.88 Å². The Morgan fingerprint density at radius 1 is 1.06 bits per heavy atom. The first kappa shape index (κ1) is 22.0. The van der Waals surface area contributed by atoms with Gasteiger partial charge in [0.15, 0.2) is 0 Å². The SMILES string of the molecule is C=C[C@H]1CN2CC[C@H]1C[C@@H]2[C@@H](OC(=O)Cc1cccc2ccccc12)c1ccnc2ccccc12. The molecule has 1 aromatic heterocycles. The lowest BCUT2D eigenvalue weighted by Gasteiger charge is -2.51. The summed E-state index contributed by atoms with van der Waals surface area (Å²) in [5.74, 6) is 0.922. The van der Waals surface area contributed by atoms with Crippen molar-refractivity contribution in [2.45, 2.75) is 31.4 Å². The summed E-state index contributed by atoms with van der Waals surface area (Å²) in [5.41, 5.74) is 2.98. The van der Waals surface area contributed by atoms with E-state index in [1.807, 2.05) is 54.7 Å². The lowest BCUT2D eigenvalue weighted by atomic mass is 9.73. The van der Waals surface area contributed by atoms with E-state index in [0.717, 1.165) is 52.3 Å². The number of hydrogen-bond acceptors (Lipinski definition) is 4. The van der Waals surface area contributed by atoms with E-state index in [9.17, 15) is 4.79 Å². The van der Waals surface area contributed by atoms with Gasteiger partial charge in [-0.15, -0.1) is 6.58 Å². The number of benzene rings is 3. The summed E-state index contributed by atoms with van der Waals surface area (Å²) >= 11 is 0. The van der Waals surface area contributed by atoms with Crippen LogP contribution in [0.1, 0.15) is 30.1 Å². The lowest BCUT2D eigenvalue weighted by molar-refractivity contribution is -0.156. The zero-order valence-electron chi connectivity index (χ0n) is 19.8. The minimum atomic E-state index is -0.334. The van der Waals surface area contributed by atoms with Gasteiger partial charge in [0.25, 0.3) is 0 Å². The molecule has 3 fully saturated rings. The van der Waals surface area contributed by atoms with E-state index < -0.39 is 0 Å².